The monoisotopic (exact) mass is 634 g/mol. The van der Waals surface area contributed by atoms with Crippen LogP contribution in [0.1, 0.15) is 40.5 Å². The molecule has 3 saturated heterocycles. The number of hydrogen-bond donors (Lipinski definition) is 3. The third-order valence-corrected chi connectivity index (χ3v) is 11.9. The first-order chi connectivity index (χ1) is 22.9. The average Bonchev–Trinajstić information content (AvgIpc) is 3.36. The number of nitrogens with one attached hydrogen (secondary N) is 2. The van der Waals surface area contributed by atoms with E-state index in [1.807, 2.05) is 30.3 Å². The number of phenolic OH excluding ortho intramolecular Hbond substituents is 1. The molecule has 1 saturated carbocycles. The van der Waals surface area contributed by atoms with Crippen LogP contribution in [-0.4, -0.2) is 108 Å². The number of imide groups is 1. The summed E-state index contributed by atoms with van der Waals surface area (Å²) in [5.41, 5.74) is 4.46. The van der Waals surface area contributed by atoms with Gasteiger partial charge in [0, 0.05) is 70.5 Å². The lowest BCUT2D eigenvalue weighted by Gasteiger charge is -2.46. The number of benzene rings is 2. The number of para-hydroxylation sites is 1. The Hall–Kier alpha value is -4.22. The maximum atomic E-state index is 12.7. The van der Waals surface area contributed by atoms with Crippen LogP contribution in [0.2, 0.25) is 0 Å². The molecule has 6 aliphatic rings. The molecule has 0 radical (unpaired) electrons. The van der Waals surface area contributed by atoms with Crippen molar-refractivity contribution in [3.63, 3.8) is 0 Å². The van der Waals surface area contributed by atoms with E-state index in [-0.39, 0.29) is 17.6 Å². The van der Waals surface area contributed by atoms with Gasteiger partial charge in [-0.05, 0) is 66.8 Å². The molecule has 0 spiro atoms. The van der Waals surface area contributed by atoms with Crippen molar-refractivity contribution < 1.29 is 14.7 Å². The van der Waals surface area contributed by atoms with Gasteiger partial charge in [0.15, 0.2) is 5.82 Å². The van der Waals surface area contributed by atoms with Crippen molar-refractivity contribution in [3.8, 4) is 17.0 Å². The number of piperazine rings is 1. The second kappa shape index (κ2) is 11.2. The first-order valence-electron chi connectivity index (χ1n) is 17.3. The summed E-state index contributed by atoms with van der Waals surface area (Å²) in [6, 6.07) is 15.8. The molecule has 3 N–H and O–H groups in total. The number of carbonyl (C=O) groups is 2. The van der Waals surface area contributed by atoms with Crippen LogP contribution in [0.15, 0.2) is 48.5 Å². The number of piperidine rings is 2. The molecule has 2 amide bonds. The van der Waals surface area contributed by atoms with Crippen LogP contribution in [-0.2, 0) is 0 Å². The molecule has 11 heteroatoms. The van der Waals surface area contributed by atoms with Gasteiger partial charge < -0.3 is 25.1 Å². The topological polar surface area (TPSA) is 117 Å². The highest BCUT2D eigenvalue weighted by Crippen LogP contribution is 2.52. The molecule has 4 fully saturated rings. The van der Waals surface area contributed by atoms with E-state index < -0.39 is 0 Å². The zero-order chi connectivity index (χ0) is 31.8. The largest absolute Gasteiger partial charge is 0.507 e. The molecule has 3 aromatic rings. The lowest BCUT2D eigenvalue weighted by molar-refractivity contribution is 0.0879. The second-order valence-electron chi connectivity index (χ2n) is 14.5. The normalized spacial score (nSPS) is 29.9. The first-order valence-corrected chi connectivity index (χ1v) is 17.3. The van der Waals surface area contributed by atoms with Gasteiger partial charge in [-0.25, -0.2) is 0 Å². The van der Waals surface area contributed by atoms with Crippen molar-refractivity contribution in [1.29, 1.82) is 0 Å². The third-order valence-electron chi connectivity index (χ3n) is 11.9. The molecule has 5 aliphatic heterocycles. The average molecular weight is 635 g/mol. The molecular weight excluding hydrogens is 592 g/mol. The molecule has 244 valence electrons. The number of carbonyl (C=O) groups excluding carboxylic acids is 2. The Balaban J connectivity index is 0.822. The van der Waals surface area contributed by atoms with Crippen LogP contribution in [0, 0.1) is 23.7 Å². The van der Waals surface area contributed by atoms with Crippen LogP contribution < -0.4 is 20.4 Å². The highest BCUT2D eigenvalue weighted by atomic mass is 16.3. The van der Waals surface area contributed by atoms with Gasteiger partial charge in [0.1, 0.15) is 5.75 Å². The predicted molar refractivity (Wildman–Crippen MR) is 180 cm³/mol. The summed E-state index contributed by atoms with van der Waals surface area (Å²) in [5.74, 6) is 3.34. The lowest BCUT2D eigenvalue weighted by atomic mass is 9.89. The quantitative estimate of drug-likeness (QED) is 0.349. The standard InChI is InChI=1S/C36H42N8O3/c1-21-6-5-11-44(29-9-4-8-24-33(29)36(47)38-35(24)46)31(21)20-42-18-26-25(27(26)19-42)17-41-12-13-43-22(16-41)15-37-34-30(43)14-28(39-40-34)23-7-2-3-10-32(23)45/h2-4,7-10,14,21-22,25-27,31,45H,5-6,11-13,15-20H2,1H3,(H,37,40)(H,38,46,47)/t21?,22-,25?,26-,27+,31?/m0/s1. The van der Waals surface area contributed by atoms with Crippen LogP contribution >= 0.6 is 0 Å². The molecule has 6 atom stereocenters. The Morgan fingerprint density at radius 2 is 1.68 bits per heavy atom. The van der Waals surface area contributed by atoms with Gasteiger partial charge in [-0.1, -0.05) is 25.1 Å². The number of anilines is 3. The summed E-state index contributed by atoms with van der Waals surface area (Å²) in [5, 5.41) is 25.3. The van der Waals surface area contributed by atoms with Gasteiger partial charge in [-0.2, -0.15) is 0 Å². The van der Waals surface area contributed by atoms with Crippen molar-refractivity contribution in [2.75, 3.05) is 74.0 Å². The number of nitrogens with zero attached hydrogens (tertiary/aromatic N) is 6. The SMILES string of the molecule is CC1CCCN(c2cccc3c2C(=O)NC3=O)C1CN1C[C@@H]2C(CN3CCN4c5cc(-c6ccccc6O)nnc5NC[C@H]4C3)[C@@H]2C1. The predicted octanol–water partition coefficient (Wildman–Crippen LogP) is 3.13. The second-order valence-corrected chi connectivity index (χ2v) is 14.5. The van der Waals surface area contributed by atoms with E-state index in [2.05, 4.69) is 53.4 Å². The minimum absolute atomic E-state index is 0.220. The highest BCUT2D eigenvalue weighted by Gasteiger charge is 2.56. The van der Waals surface area contributed by atoms with Gasteiger partial charge in [-0.3, -0.25) is 19.8 Å². The maximum absolute atomic E-state index is 12.7. The minimum atomic E-state index is -0.280. The molecule has 3 unspecified atom stereocenters. The van der Waals surface area contributed by atoms with Gasteiger partial charge in [0.05, 0.1) is 34.2 Å². The highest BCUT2D eigenvalue weighted by molar-refractivity contribution is 6.23. The summed E-state index contributed by atoms with van der Waals surface area (Å²) in [4.78, 5) is 35.4. The van der Waals surface area contributed by atoms with Gasteiger partial charge in [-0.15, -0.1) is 10.2 Å². The molecular formula is C36H42N8O3. The molecule has 1 aromatic heterocycles. The van der Waals surface area contributed by atoms with Crippen LogP contribution in [0.3, 0.4) is 0 Å². The van der Waals surface area contributed by atoms with Crippen molar-refractivity contribution in [3.05, 3.63) is 59.7 Å². The number of aromatic nitrogens is 2. The number of fused-ring (bicyclic) bond motifs is 5. The zero-order valence-electron chi connectivity index (χ0n) is 26.8. The van der Waals surface area contributed by atoms with Crippen LogP contribution in [0.4, 0.5) is 17.2 Å². The van der Waals surface area contributed by atoms with Gasteiger partial charge in [0.2, 0.25) is 0 Å². The van der Waals surface area contributed by atoms with E-state index in [4.69, 9.17) is 0 Å². The molecule has 1 aliphatic carbocycles. The Kier molecular flexibility index (Phi) is 6.90. The third kappa shape index (κ3) is 4.93. The van der Waals surface area contributed by atoms with Crippen molar-refractivity contribution in [2.45, 2.75) is 31.8 Å². The smallest absolute Gasteiger partial charge is 0.261 e. The number of amides is 2. The van der Waals surface area contributed by atoms with Crippen molar-refractivity contribution in [1.82, 2.24) is 25.3 Å². The number of likely N-dealkylation sites (tertiary alicyclic amines) is 1. The van der Waals surface area contributed by atoms with E-state index in [9.17, 15) is 14.7 Å². The van der Waals surface area contributed by atoms with Crippen molar-refractivity contribution >= 4 is 29.0 Å². The Labute approximate surface area is 274 Å². The van der Waals surface area contributed by atoms with Crippen LogP contribution in [0.5, 0.6) is 5.75 Å². The summed E-state index contributed by atoms with van der Waals surface area (Å²) in [7, 11) is 0. The Morgan fingerprint density at radius 1 is 0.851 bits per heavy atom. The van der Waals surface area contributed by atoms with Crippen LogP contribution in [0.25, 0.3) is 11.3 Å². The van der Waals surface area contributed by atoms with Crippen molar-refractivity contribution in [2.24, 2.45) is 23.7 Å². The van der Waals surface area contributed by atoms with Gasteiger partial charge >= 0.3 is 0 Å². The molecule has 11 nitrogen and oxygen atoms in total. The maximum Gasteiger partial charge on any atom is 0.261 e. The molecule has 6 heterocycles. The van der Waals surface area contributed by atoms with Gasteiger partial charge in [0.25, 0.3) is 11.8 Å². The van der Waals surface area contributed by atoms with E-state index >= 15 is 0 Å². The molecule has 2 aromatic carbocycles. The fourth-order valence-corrected chi connectivity index (χ4v) is 9.33. The van der Waals surface area contributed by atoms with E-state index in [0.717, 1.165) is 93.7 Å². The fourth-order valence-electron chi connectivity index (χ4n) is 9.33. The molecule has 0 bridgehead atoms. The number of phenols is 1. The summed E-state index contributed by atoms with van der Waals surface area (Å²) < 4.78 is 0. The summed E-state index contributed by atoms with van der Waals surface area (Å²) in [6.07, 6.45) is 2.30. The number of hydrogen-bond acceptors (Lipinski definition) is 10. The summed E-state index contributed by atoms with van der Waals surface area (Å²) in [6.45, 7) is 11.7. The Morgan fingerprint density at radius 3 is 2.53 bits per heavy atom. The minimum Gasteiger partial charge on any atom is -0.507 e. The number of rotatable bonds is 6. The van der Waals surface area contributed by atoms with E-state index in [0.29, 0.717) is 40.4 Å². The fraction of sp³-hybridized carbons (Fsp3) is 0.500. The van der Waals surface area contributed by atoms with E-state index in [1.54, 1.807) is 12.1 Å². The first kappa shape index (κ1) is 29.0. The van der Waals surface area contributed by atoms with E-state index in [1.165, 1.54) is 13.0 Å². The molecule has 9 rings (SSSR count). The summed E-state index contributed by atoms with van der Waals surface area (Å²) >= 11 is 0. The number of aromatic hydroxyl groups is 1. The lowest BCUT2D eigenvalue weighted by Crippen LogP contribution is -2.58. The zero-order valence-corrected chi connectivity index (χ0v) is 26.8. The Bertz CT molecular complexity index is 1740. The molecule has 47 heavy (non-hydrogen) atoms.